The van der Waals surface area contributed by atoms with Gasteiger partial charge >= 0.3 is 0 Å². The summed E-state index contributed by atoms with van der Waals surface area (Å²) in [6.07, 6.45) is 8.45. The van der Waals surface area contributed by atoms with Crippen molar-refractivity contribution in [2.45, 2.75) is 0 Å². The van der Waals surface area contributed by atoms with E-state index in [4.69, 9.17) is 0 Å². The number of allylic oxidation sites excluding steroid dienone is 2. The second kappa shape index (κ2) is 5.85. The van der Waals surface area contributed by atoms with E-state index in [1.807, 2.05) is 17.4 Å². The van der Waals surface area contributed by atoms with E-state index in [-0.39, 0.29) is 0 Å². The van der Waals surface area contributed by atoms with Crippen molar-refractivity contribution >= 4 is 33.7 Å². The number of hydrogen-bond acceptors (Lipinski definition) is 1. The number of aromatic nitrogens is 1. The summed E-state index contributed by atoms with van der Waals surface area (Å²) in [5, 5.41) is 1.25. The van der Waals surface area contributed by atoms with Crippen molar-refractivity contribution in [3.8, 4) is 0 Å². The average molecular weight is 278 g/mol. The Labute approximate surface area is 123 Å². The summed E-state index contributed by atoms with van der Waals surface area (Å²) < 4.78 is 3.55. The lowest BCUT2D eigenvalue weighted by Crippen LogP contribution is -2.28. The molecular weight excluding hydrogens is 262 g/mol. The van der Waals surface area contributed by atoms with Crippen LogP contribution in [0.4, 0.5) is 0 Å². The number of aryl methyl sites for hydroxylation is 1. The molecule has 0 aliphatic rings. The van der Waals surface area contributed by atoms with Gasteiger partial charge in [-0.05, 0) is 11.6 Å². The highest BCUT2D eigenvalue weighted by Crippen LogP contribution is 2.20. The van der Waals surface area contributed by atoms with Crippen LogP contribution < -0.4 is 4.57 Å². The summed E-state index contributed by atoms with van der Waals surface area (Å²) in [5.74, 6) is 0. The van der Waals surface area contributed by atoms with Crippen molar-refractivity contribution < 1.29 is 4.57 Å². The highest BCUT2D eigenvalue weighted by molar-refractivity contribution is 7.18. The van der Waals surface area contributed by atoms with Crippen LogP contribution in [0.1, 0.15) is 10.6 Å². The van der Waals surface area contributed by atoms with Crippen LogP contribution in [0.5, 0.6) is 0 Å². The average Bonchev–Trinajstić information content (AvgIpc) is 2.82. The zero-order valence-corrected chi connectivity index (χ0v) is 12.2. The van der Waals surface area contributed by atoms with Gasteiger partial charge in [-0.25, -0.2) is 0 Å². The van der Waals surface area contributed by atoms with Crippen LogP contribution in [0.2, 0.25) is 0 Å². The van der Waals surface area contributed by atoms with Gasteiger partial charge < -0.3 is 0 Å². The van der Waals surface area contributed by atoms with E-state index in [0.717, 1.165) is 0 Å². The first-order valence-corrected chi connectivity index (χ1v) is 7.43. The van der Waals surface area contributed by atoms with Crippen molar-refractivity contribution in [2.24, 2.45) is 7.05 Å². The molecule has 0 aliphatic heterocycles. The SMILES string of the molecule is C[n+]1c(/C=C\C=C\c2ccccc2)sc2ccccc21. The number of rotatable bonds is 3. The summed E-state index contributed by atoms with van der Waals surface area (Å²) in [6, 6.07) is 18.8. The smallest absolute Gasteiger partial charge is 0.185 e. The Hall–Kier alpha value is -2.19. The summed E-state index contributed by atoms with van der Waals surface area (Å²) in [6.45, 7) is 0. The normalized spacial score (nSPS) is 11.8. The Morgan fingerprint density at radius 2 is 1.55 bits per heavy atom. The number of para-hydroxylation sites is 1. The van der Waals surface area contributed by atoms with E-state index >= 15 is 0 Å². The molecular formula is C18H16NS+. The first-order valence-electron chi connectivity index (χ1n) is 6.62. The molecule has 3 aromatic rings. The Morgan fingerprint density at radius 1 is 0.850 bits per heavy atom. The molecule has 0 saturated heterocycles. The molecule has 0 atom stereocenters. The molecule has 98 valence electrons. The van der Waals surface area contributed by atoms with Crippen molar-refractivity contribution in [3.63, 3.8) is 0 Å². The molecule has 0 N–H and O–H groups in total. The summed E-state index contributed by atoms with van der Waals surface area (Å²) >= 11 is 1.81. The Kier molecular flexibility index (Phi) is 3.75. The maximum Gasteiger partial charge on any atom is 0.262 e. The fourth-order valence-corrected chi connectivity index (χ4v) is 3.20. The number of fused-ring (bicyclic) bond motifs is 1. The molecule has 1 heterocycles. The Morgan fingerprint density at radius 3 is 2.35 bits per heavy atom. The molecule has 0 aliphatic carbocycles. The fraction of sp³-hybridized carbons (Fsp3) is 0.0556. The number of nitrogens with zero attached hydrogens (tertiary/aromatic N) is 1. The van der Waals surface area contributed by atoms with Gasteiger partial charge in [0.1, 0.15) is 11.7 Å². The number of hydrogen-bond donors (Lipinski definition) is 0. The van der Waals surface area contributed by atoms with Crippen LogP contribution in [0, 0.1) is 0 Å². The van der Waals surface area contributed by atoms with Gasteiger partial charge in [0.25, 0.3) is 5.01 Å². The summed E-state index contributed by atoms with van der Waals surface area (Å²) in [5.41, 5.74) is 2.50. The second-order valence-electron chi connectivity index (χ2n) is 4.60. The lowest BCUT2D eigenvalue weighted by Gasteiger charge is -1.88. The third-order valence-corrected chi connectivity index (χ3v) is 4.39. The van der Waals surface area contributed by atoms with Gasteiger partial charge in [0.15, 0.2) is 0 Å². The quantitative estimate of drug-likeness (QED) is 0.492. The third kappa shape index (κ3) is 2.70. The van der Waals surface area contributed by atoms with Gasteiger partial charge in [-0.2, -0.15) is 4.57 Å². The number of benzene rings is 2. The zero-order chi connectivity index (χ0) is 13.8. The standard InChI is InChI=1S/C18H16NS/c1-19-16-12-6-7-13-17(16)20-18(19)14-8-5-11-15-9-3-2-4-10-15/h2-14H,1H3/q+1/b11-5+,14-8-. The minimum absolute atomic E-state index is 1.22. The fourth-order valence-electron chi connectivity index (χ4n) is 2.13. The van der Waals surface area contributed by atoms with E-state index in [2.05, 4.69) is 84.4 Å². The lowest BCUT2D eigenvalue weighted by molar-refractivity contribution is -0.642. The maximum atomic E-state index is 2.23. The minimum atomic E-state index is 1.22. The van der Waals surface area contributed by atoms with Crippen molar-refractivity contribution in [1.82, 2.24) is 0 Å². The monoisotopic (exact) mass is 278 g/mol. The predicted molar refractivity (Wildman–Crippen MR) is 87.5 cm³/mol. The second-order valence-corrected chi connectivity index (χ2v) is 5.66. The topological polar surface area (TPSA) is 3.88 Å². The van der Waals surface area contributed by atoms with Gasteiger partial charge in [-0.3, -0.25) is 0 Å². The van der Waals surface area contributed by atoms with Crippen molar-refractivity contribution in [2.75, 3.05) is 0 Å². The minimum Gasteiger partial charge on any atom is -0.185 e. The van der Waals surface area contributed by atoms with Crippen LogP contribution in [0.25, 0.3) is 22.4 Å². The van der Waals surface area contributed by atoms with E-state index < -0.39 is 0 Å². The summed E-state index contributed by atoms with van der Waals surface area (Å²) in [4.78, 5) is 0. The van der Waals surface area contributed by atoms with E-state index in [9.17, 15) is 0 Å². The molecule has 1 nitrogen and oxygen atoms in total. The Bertz CT molecular complexity index is 766. The van der Waals surface area contributed by atoms with Gasteiger partial charge in [0.05, 0.1) is 0 Å². The highest BCUT2D eigenvalue weighted by atomic mass is 32.1. The van der Waals surface area contributed by atoms with E-state index in [1.54, 1.807) is 0 Å². The first-order chi connectivity index (χ1) is 9.84. The zero-order valence-electron chi connectivity index (χ0n) is 11.4. The molecule has 0 saturated carbocycles. The van der Waals surface area contributed by atoms with Crippen LogP contribution in [-0.4, -0.2) is 0 Å². The molecule has 2 heteroatoms. The van der Waals surface area contributed by atoms with Crippen LogP contribution >= 0.6 is 11.3 Å². The van der Waals surface area contributed by atoms with Gasteiger partial charge in [-0.15, -0.1) is 0 Å². The molecule has 0 bridgehead atoms. The predicted octanol–water partition coefficient (Wildman–Crippen LogP) is 4.45. The molecule has 1 aromatic heterocycles. The van der Waals surface area contributed by atoms with Crippen LogP contribution in [0.3, 0.4) is 0 Å². The number of thiazole rings is 1. The molecule has 2 aromatic carbocycles. The first kappa shape index (κ1) is 12.8. The molecule has 0 spiro atoms. The molecule has 0 unspecified atom stereocenters. The van der Waals surface area contributed by atoms with Crippen LogP contribution in [0.15, 0.2) is 66.7 Å². The highest BCUT2D eigenvalue weighted by Gasteiger charge is 2.12. The lowest BCUT2D eigenvalue weighted by atomic mass is 10.2. The van der Waals surface area contributed by atoms with Gasteiger partial charge in [0.2, 0.25) is 5.52 Å². The molecule has 3 rings (SSSR count). The van der Waals surface area contributed by atoms with Gasteiger partial charge in [0, 0.05) is 12.1 Å². The van der Waals surface area contributed by atoms with Crippen molar-refractivity contribution in [3.05, 3.63) is 77.3 Å². The largest absolute Gasteiger partial charge is 0.262 e. The third-order valence-electron chi connectivity index (χ3n) is 3.21. The molecule has 0 fully saturated rings. The van der Waals surface area contributed by atoms with Crippen LogP contribution in [-0.2, 0) is 7.05 Å². The van der Waals surface area contributed by atoms with Gasteiger partial charge in [-0.1, -0.05) is 72.0 Å². The maximum absolute atomic E-state index is 2.23. The van der Waals surface area contributed by atoms with E-state index in [1.165, 1.54) is 20.8 Å². The summed E-state index contributed by atoms with van der Waals surface area (Å²) in [7, 11) is 2.11. The molecule has 0 radical (unpaired) electrons. The van der Waals surface area contributed by atoms with Crippen molar-refractivity contribution in [1.29, 1.82) is 0 Å². The molecule has 0 amide bonds. The van der Waals surface area contributed by atoms with E-state index in [0.29, 0.717) is 0 Å². The molecule has 20 heavy (non-hydrogen) atoms. The Balaban J connectivity index is 1.81.